The number of hydrogen-bond acceptors (Lipinski definition) is 1. The van der Waals surface area contributed by atoms with Crippen LogP contribution in [0, 0.1) is 17.2 Å². The quantitative estimate of drug-likeness (QED) is 0.359. The van der Waals surface area contributed by atoms with Crippen LogP contribution in [0.25, 0.3) is 45.4 Å². The molecule has 1 aromatic heterocycles. The molecule has 164 valence electrons. The minimum Gasteiger partial charge on any atom is -0.310 e. The molecule has 1 atom stereocenters. The molecule has 0 fully saturated rings. The zero-order valence-corrected chi connectivity index (χ0v) is 19.3. The van der Waals surface area contributed by atoms with Gasteiger partial charge in [0.1, 0.15) is 0 Å². The minimum absolute atomic E-state index is 0.584. The van der Waals surface area contributed by atoms with Crippen molar-refractivity contribution in [1.82, 2.24) is 4.57 Å². The molecule has 0 spiro atoms. The van der Waals surface area contributed by atoms with Crippen molar-refractivity contribution in [3.8, 4) is 22.9 Å². The fourth-order valence-corrected chi connectivity index (χ4v) is 5.25. The topological polar surface area (TPSA) is 28.7 Å². The molecule has 0 saturated carbocycles. The molecule has 1 unspecified atom stereocenters. The van der Waals surface area contributed by atoms with E-state index >= 15 is 0 Å². The van der Waals surface area contributed by atoms with Gasteiger partial charge in [0.25, 0.3) is 0 Å². The maximum absolute atomic E-state index is 9.20. The van der Waals surface area contributed by atoms with Gasteiger partial charge in [0.05, 0.1) is 17.1 Å². The predicted octanol–water partition coefficient (Wildman–Crippen LogP) is 6.50. The summed E-state index contributed by atoms with van der Waals surface area (Å²) in [5, 5.41) is 13.1. The van der Waals surface area contributed by atoms with Crippen molar-refractivity contribution >= 4 is 28.6 Å². The van der Waals surface area contributed by atoms with Crippen LogP contribution < -0.4 is 10.6 Å². The molecule has 0 N–H and O–H groups in total. The summed E-state index contributed by atoms with van der Waals surface area (Å²) in [5.74, 6) is 0.584. The molecule has 2 heteroatoms. The average Bonchev–Trinajstić information content (AvgIpc) is 3.22. The molecule has 2 aliphatic carbocycles. The molecule has 0 saturated heterocycles. The Labute approximate surface area is 200 Å². The Balaban J connectivity index is 1.51. The fourth-order valence-electron chi connectivity index (χ4n) is 5.25. The van der Waals surface area contributed by atoms with Crippen molar-refractivity contribution < 1.29 is 0 Å². The maximum atomic E-state index is 9.20. The van der Waals surface area contributed by atoms with E-state index in [4.69, 9.17) is 0 Å². The standard InChI is InChI=1S/C32H26N2/c1-22-6-4-7-24(18-22)25-8-5-9-26(19-25)27-14-17-32-30(20-27)29-10-2-3-11-31(29)34(32)28-15-12-23(21-33)13-16-28/h4-5,7-20,22H,2-3,6H2,1H3. The lowest BCUT2D eigenvalue weighted by atomic mass is 9.92. The van der Waals surface area contributed by atoms with Crippen LogP contribution in [0.15, 0.2) is 85.0 Å². The van der Waals surface area contributed by atoms with Crippen molar-refractivity contribution in [3.63, 3.8) is 0 Å². The van der Waals surface area contributed by atoms with E-state index in [0.717, 1.165) is 24.9 Å². The van der Waals surface area contributed by atoms with Gasteiger partial charge in [-0.05, 0) is 89.9 Å². The maximum Gasteiger partial charge on any atom is 0.0991 e. The van der Waals surface area contributed by atoms with Gasteiger partial charge in [-0.15, -0.1) is 0 Å². The van der Waals surface area contributed by atoms with Gasteiger partial charge in [-0.1, -0.05) is 61.6 Å². The van der Waals surface area contributed by atoms with Crippen molar-refractivity contribution in [1.29, 1.82) is 5.26 Å². The summed E-state index contributed by atoms with van der Waals surface area (Å²) >= 11 is 0. The van der Waals surface area contributed by atoms with Crippen molar-refractivity contribution in [2.75, 3.05) is 0 Å². The Kier molecular flexibility index (Phi) is 5.04. The number of benzene rings is 3. The summed E-state index contributed by atoms with van der Waals surface area (Å²) < 4.78 is 2.33. The number of hydrogen-bond donors (Lipinski definition) is 0. The minimum atomic E-state index is 0.584. The van der Waals surface area contributed by atoms with E-state index in [0.29, 0.717) is 11.5 Å². The second-order valence-electron chi connectivity index (χ2n) is 9.33. The van der Waals surface area contributed by atoms with E-state index in [2.05, 4.69) is 90.4 Å². The largest absolute Gasteiger partial charge is 0.310 e. The van der Waals surface area contributed by atoms with Gasteiger partial charge >= 0.3 is 0 Å². The normalized spacial score (nSPS) is 16.8. The fraction of sp³-hybridized carbons (Fsp3) is 0.156. The first-order valence-electron chi connectivity index (χ1n) is 12.1. The molecule has 4 aromatic rings. The molecular formula is C32H26N2. The molecular weight excluding hydrogens is 412 g/mol. The van der Waals surface area contributed by atoms with Crippen molar-refractivity contribution in [3.05, 3.63) is 107 Å². The van der Waals surface area contributed by atoms with E-state index in [-0.39, 0.29) is 0 Å². The molecule has 34 heavy (non-hydrogen) atoms. The lowest BCUT2D eigenvalue weighted by Gasteiger charge is -2.13. The Bertz CT molecular complexity index is 1640. The van der Waals surface area contributed by atoms with Gasteiger partial charge in [-0.3, -0.25) is 0 Å². The van der Waals surface area contributed by atoms with Crippen LogP contribution in [0.1, 0.15) is 37.3 Å². The lowest BCUT2D eigenvalue weighted by Crippen LogP contribution is -2.30. The van der Waals surface area contributed by atoms with E-state index in [1.165, 1.54) is 43.7 Å². The van der Waals surface area contributed by atoms with Gasteiger partial charge in [0.15, 0.2) is 0 Å². The predicted molar refractivity (Wildman–Crippen MR) is 142 cm³/mol. The number of allylic oxidation sites excluding steroid dienone is 4. The van der Waals surface area contributed by atoms with Crippen LogP contribution in [0.4, 0.5) is 0 Å². The average molecular weight is 439 g/mol. The van der Waals surface area contributed by atoms with Gasteiger partial charge in [0, 0.05) is 21.6 Å². The summed E-state index contributed by atoms with van der Waals surface area (Å²) in [6, 6.07) is 25.8. The van der Waals surface area contributed by atoms with E-state index in [9.17, 15) is 5.26 Å². The van der Waals surface area contributed by atoms with Gasteiger partial charge in [-0.25, -0.2) is 0 Å². The summed E-state index contributed by atoms with van der Waals surface area (Å²) in [4.78, 5) is 0. The molecule has 3 aromatic carbocycles. The molecule has 2 nitrogen and oxygen atoms in total. The van der Waals surface area contributed by atoms with E-state index in [1.807, 2.05) is 24.3 Å². The van der Waals surface area contributed by atoms with Crippen molar-refractivity contribution in [2.24, 2.45) is 5.92 Å². The lowest BCUT2D eigenvalue weighted by molar-refractivity contribution is 0.740. The smallest absolute Gasteiger partial charge is 0.0991 e. The summed E-state index contributed by atoms with van der Waals surface area (Å²) in [6.45, 7) is 2.27. The monoisotopic (exact) mass is 438 g/mol. The Morgan fingerprint density at radius 2 is 1.68 bits per heavy atom. The first-order chi connectivity index (χ1) is 16.7. The third-order valence-corrected chi connectivity index (χ3v) is 6.95. The highest BCUT2D eigenvalue weighted by Crippen LogP contribution is 2.30. The van der Waals surface area contributed by atoms with Gasteiger partial charge in [0.2, 0.25) is 0 Å². The third kappa shape index (κ3) is 3.51. The van der Waals surface area contributed by atoms with E-state index < -0.39 is 0 Å². The Morgan fingerprint density at radius 1 is 0.882 bits per heavy atom. The van der Waals surface area contributed by atoms with Crippen LogP contribution in [-0.2, 0) is 0 Å². The number of rotatable bonds is 3. The molecule has 1 heterocycles. The molecule has 0 radical (unpaired) electrons. The zero-order valence-electron chi connectivity index (χ0n) is 19.3. The van der Waals surface area contributed by atoms with Crippen LogP contribution in [-0.4, -0.2) is 4.57 Å². The van der Waals surface area contributed by atoms with Crippen LogP contribution in [0.5, 0.6) is 0 Å². The third-order valence-electron chi connectivity index (χ3n) is 6.95. The van der Waals surface area contributed by atoms with Crippen LogP contribution in [0.3, 0.4) is 0 Å². The van der Waals surface area contributed by atoms with Gasteiger partial charge < -0.3 is 4.57 Å². The number of nitriles is 1. The molecule has 2 aliphatic rings. The number of aromatic nitrogens is 1. The second kappa shape index (κ2) is 8.36. The zero-order chi connectivity index (χ0) is 23.1. The van der Waals surface area contributed by atoms with Crippen molar-refractivity contribution in [2.45, 2.75) is 26.2 Å². The van der Waals surface area contributed by atoms with Crippen LogP contribution in [0.2, 0.25) is 0 Å². The Morgan fingerprint density at radius 3 is 2.50 bits per heavy atom. The van der Waals surface area contributed by atoms with Crippen LogP contribution >= 0.6 is 0 Å². The first-order valence-corrected chi connectivity index (χ1v) is 12.1. The highest BCUT2D eigenvalue weighted by Gasteiger charge is 2.13. The molecule has 6 rings (SSSR count). The number of fused-ring (bicyclic) bond motifs is 3. The van der Waals surface area contributed by atoms with E-state index in [1.54, 1.807) is 0 Å². The Hall–Kier alpha value is -4.09. The first kappa shape index (κ1) is 20.5. The highest BCUT2D eigenvalue weighted by atomic mass is 15.0. The summed E-state index contributed by atoms with van der Waals surface area (Å²) in [6.07, 6.45) is 14.9. The van der Waals surface area contributed by atoms with Gasteiger partial charge in [-0.2, -0.15) is 5.26 Å². The molecule has 0 amide bonds. The molecule has 0 bridgehead atoms. The highest BCUT2D eigenvalue weighted by molar-refractivity contribution is 5.89. The second-order valence-corrected chi connectivity index (χ2v) is 9.33. The summed E-state index contributed by atoms with van der Waals surface area (Å²) in [5.41, 5.74) is 8.05. The molecule has 0 aliphatic heterocycles. The number of nitrogens with zero attached hydrogens (tertiary/aromatic N) is 2. The summed E-state index contributed by atoms with van der Waals surface area (Å²) in [7, 11) is 0. The SMILES string of the molecule is CC1C=C(c2cccc(-c3ccc4c(c3)c3c(n4-c4ccc(C#N)cc4)=CCCC=3)c2)C=CC1.